The van der Waals surface area contributed by atoms with Crippen molar-refractivity contribution >= 4 is 45.3 Å². The zero-order valence-corrected chi connectivity index (χ0v) is 21.8. The van der Waals surface area contributed by atoms with Gasteiger partial charge in [0.05, 0.1) is 71.5 Å². The lowest BCUT2D eigenvalue weighted by Crippen LogP contribution is -2.35. The number of ether oxygens (including phenoxy) is 4. The maximum atomic E-state index is 13.8. The van der Waals surface area contributed by atoms with E-state index in [4.69, 9.17) is 18.9 Å². The van der Waals surface area contributed by atoms with Crippen molar-refractivity contribution in [1.29, 1.82) is 0 Å². The quantitative estimate of drug-likeness (QED) is 0.302. The summed E-state index contributed by atoms with van der Waals surface area (Å²) in [6.07, 6.45) is 0. The maximum Gasteiger partial charge on any atom is 0.338 e. The standard InChI is InChI=1S/C28H22N2O10/c1-5-39-27(35)11-7-9-13(37-3)19-15(11)23(31)17-21(29-19)26(34)18-22(25(17)33)30-20-14(38-4)10-8-12(16(20)24(18)32)28(36)40-6-2/h7-10H,5-6H2,1-4H3,(H,29,31)(H,30,32). The van der Waals surface area contributed by atoms with Gasteiger partial charge in [-0.25, -0.2) is 9.59 Å². The average Bonchev–Trinajstić information content (AvgIpc) is 2.94. The summed E-state index contributed by atoms with van der Waals surface area (Å²) in [6.45, 7) is 3.25. The molecule has 2 aromatic carbocycles. The van der Waals surface area contributed by atoms with Gasteiger partial charge in [-0.2, -0.15) is 0 Å². The van der Waals surface area contributed by atoms with Gasteiger partial charge < -0.3 is 28.9 Å². The Morgan fingerprint density at radius 1 is 0.650 bits per heavy atom. The average molecular weight is 546 g/mol. The molecule has 0 saturated carbocycles. The molecule has 0 unspecified atom stereocenters. The van der Waals surface area contributed by atoms with Crippen molar-refractivity contribution in [3.8, 4) is 11.5 Å². The molecule has 0 saturated heterocycles. The second-order valence-electron chi connectivity index (χ2n) is 8.64. The van der Waals surface area contributed by atoms with Crippen LogP contribution in [0.25, 0.3) is 21.8 Å². The Morgan fingerprint density at radius 3 is 1.35 bits per heavy atom. The second-order valence-corrected chi connectivity index (χ2v) is 8.64. The minimum atomic E-state index is -0.965. The highest BCUT2D eigenvalue weighted by Gasteiger charge is 2.38. The molecule has 2 heterocycles. The molecular formula is C28H22N2O10. The number of nitrogens with one attached hydrogen (secondary N) is 2. The van der Waals surface area contributed by atoms with Crippen LogP contribution < -0.4 is 20.3 Å². The molecule has 0 spiro atoms. The molecule has 2 aromatic heterocycles. The molecule has 5 rings (SSSR count). The lowest BCUT2D eigenvalue weighted by Gasteiger charge is -2.20. The van der Waals surface area contributed by atoms with Crippen LogP contribution in [-0.4, -0.2) is 60.9 Å². The van der Waals surface area contributed by atoms with Gasteiger partial charge in [-0.05, 0) is 38.1 Å². The molecule has 1 aliphatic carbocycles. The van der Waals surface area contributed by atoms with Crippen molar-refractivity contribution < 1.29 is 38.1 Å². The number of pyridine rings is 2. The van der Waals surface area contributed by atoms with Crippen molar-refractivity contribution in [2.45, 2.75) is 13.8 Å². The molecule has 4 aromatic rings. The predicted octanol–water partition coefficient (Wildman–Crippen LogP) is 2.52. The zero-order chi connectivity index (χ0) is 28.9. The van der Waals surface area contributed by atoms with E-state index in [2.05, 4.69) is 9.97 Å². The number of aromatic amines is 2. The highest BCUT2D eigenvalue weighted by Crippen LogP contribution is 2.32. The highest BCUT2D eigenvalue weighted by molar-refractivity contribution is 6.29. The molecule has 12 nitrogen and oxygen atoms in total. The number of benzene rings is 2. The van der Waals surface area contributed by atoms with Crippen molar-refractivity contribution in [2.24, 2.45) is 0 Å². The van der Waals surface area contributed by atoms with Gasteiger partial charge in [0, 0.05) is 0 Å². The van der Waals surface area contributed by atoms with Gasteiger partial charge in [-0.1, -0.05) is 0 Å². The number of carbonyl (C=O) groups excluding carboxylic acids is 4. The van der Waals surface area contributed by atoms with Crippen LogP contribution in [-0.2, 0) is 9.47 Å². The topological polar surface area (TPSA) is 171 Å². The van der Waals surface area contributed by atoms with Crippen LogP contribution in [0.2, 0.25) is 0 Å². The van der Waals surface area contributed by atoms with Crippen LogP contribution in [0, 0.1) is 0 Å². The fraction of sp³-hybridized carbons (Fsp3) is 0.214. The van der Waals surface area contributed by atoms with E-state index in [1.54, 1.807) is 13.8 Å². The predicted molar refractivity (Wildman–Crippen MR) is 141 cm³/mol. The molecule has 0 radical (unpaired) electrons. The van der Waals surface area contributed by atoms with Crippen LogP contribution >= 0.6 is 0 Å². The number of methoxy groups -OCH3 is 2. The molecule has 0 atom stereocenters. The number of hydrogen-bond donors (Lipinski definition) is 2. The first-order chi connectivity index (χ1) is 19.2. The number of rotatable bonds is 6. The number of carbonyl (C=O) groups is 4. The molecule has 1 aliphatic rings. The Balaban J connectivity index is 1.88. The third-order valence-electron chi connectivity index (χ3n) is 6.58. The largest absolute Gasteiger partial charge is 0.495 e. The number of H-pyrrole nitrogens is 2. The minimum Gasteiger partial charge on any atom is -0.495 e. The first-order valence-corrected chi connectivity index (χ1v) is 12.2. The van der Waals surface area contributed by atoms with Crippen molar-refractivity contribution in [3.63, 3.8) is 0 Å². The molecule has 40 heavy (non-hydrogen) atoms. The summed E-state index contributed by atoms with van der Waals surface area (Å²) in [6, 6.07) is 5.44. The van der Waals surface area contributed by atoms with E-state index in [9.17, 15) is 28.8 Å². The lowest BCUT2D eigenvalue weighted by atomic mass is 9.87. The second kappa shape index (κ2) is 9.80. The fourth-order valence-electron chi connectivity index (χ4n) is 4.86. The summed E-state index contributed by atoms with van der Waals surface area (Å²) in [5, 5.41) is -0.432. The Labute approximate surface area is 224 Å². The maximum absolute atomic E-state index is 13.8. The summed E-state index contributed by atoms with van der Waals surface area (Å²) in [4.78, 5) is 85.9. The van der Waals surface area contributed by atoms with Gasteiger partial charge in [-0.15, -0.1) is 0 Å². The minimum absolute atomic E-state index is 0.0317. The molecule has 2 N–H and O–H groups in total. The highest BCUT2D eigenvalue weighted by atomic mass is 16.5. The Morgan fingerprint density at radius 2 is 1.02 bits per heavy atom. The van der Waals surface area contributed by atoms with Crippen LogP contribution in [0.3, 0.4) is 0 Å². The molecular weight excluding hydrogens is 524 g/mol. The normalized spacial score (nSPS) is 12.2. The molecule has 204 valence electrons. The lowest BCUT2D eigenvalue weighted by molar-refractivity contribution is 0.0519. The molecule has 0 bridgehead atoms. The molecule has 0 fully saturated rings. The molecule has 12 heteroatoms. The SMILES string of the molecule is CCOC(=O)c1ccc(OC)c2[nH]c3c(c(=O)c12)C(=O)c1[nH]c2c(OC)ccc(C(=O)OCC)c2c(=O)c1C3=O. The number of hydrogen-bond acceptors (Lipinski definition) is 10. The van der Waals surface area contributed by atoms with Gasteiger partial charge in [0.2, 0.25) is 22.4 Å². The number of ketones is 2. The van der Waals surface area contributed by atoms with Gasteiger partial charge >= 0.3 is 11.9 Å². The van der Waals surface area contributed by atoms with Crippen molar-refractivity contribution in [2.75, 3.05) is 27.4 Å². The molecule has 0 aliphatic heterocycles. The fourth-order valence-corrected chi connectivity index (χ4v) is 4.86. The van der Waals surface area contributed by atoms with Crippen LogP contribution in [0.5, 0.6) is 11.5 Å². The number of esters is 2. The summed E-state index contributed by atoms with van der Waals surface area (Å²) < 4.78 is 20.8. The Bertz CT molecular complexity index is 1780. The van der Waals surface area contributed by atoms with E-state index < -0.39 is 56.9 Å². The van der Waals surface area contributed by atoms with Crippen LogP contribution in [0.15, 0.2) is 33.9 Å². The van der Waals surface area contributed by atoms with Gasteiger partial charge in [0.1, 0.15) is 22.9 Å². The van der Waals surface area contributed by atoms with E-state index in [1.807, 2.05) is 0 Å². The summed E-state index contributed by atoms with van der Waals surface area (Å²) >= 11 is 0. The monoisotopic (exact) mass is 546 g/mol. The van der Waals surface area contributed by atoms with Crippen LogP contribution in [0.4, 0.5) is 0 Å². The summed E-state index contributed by atoms with van der Waals surface area (Å²) in [5.74, 6) is -3.34. The van der Waals surface area contributed by atoms with E-state index in [-0.39, 0.29) is 57.6 Å². The first-order valence-electron chi connectivity index (χ1n) is 12.2. The Hall–Kier alpha value is -5.26. The van der Waals surface area contributed by atoms with E-state index in [0.717, 1.165) is 0 Å². The first kappa shape index (κ1) is 26.4. The van der Waals surface area contributed by atoms with Crippen molar-refractivity contribution in [1.82, 2.24) is 9.97 Å². The third kappa shape index (κ3) is 3.67. The van der Waals surface area contributed by atoms with E-state index in [1.165, 1.54) is 38.5 Å². The smallest absolute Gasteiger partial charge is 0.338 e. The molecule has 0 amide bonds. The zero-order valence-electron chi connectivity index (χ0n) is 21.8. The van der Waals surface area contributed by atoms with Gasteiger partial charge in [-0.3, -0.25) is 19.2 Å². The van der Waals surface area contributed by atoms with E-state index >= 15 is 0 Å². The summed E-state index contributed by atoms with van der Waals surface area (Å²) in [7, 11) is 2.64. The Kier molecular flexibility index (Phi) is 6.46. The van der Waals surface area contributed by atoms with Crippen molar-refractivity contribution in [3.05, 3.63) is 78.4 Å². The van der Waals surface area contributed by atoms with Gasteiger partial charge in [0.25, 0.3) is 0 Å². The van der Waals surface area contributed by atoms with E-state index in [0.29, 0.717) is 0 Å². The van der Waals surface area contributed by atoms with Crippen LogP contribution in [0.1, 0.15) is 66.7 Å². The third-order valence-corrected chi connectivity index (χ3v) is 6.58. The number of fused-ring (bicyclic) bond motifs is 4. The number of aromatic nitrogens is 2. The summed E-state index contributed by atoms with van der Waals surface area (Å²) in [5.41, 5.74) is -4.26. The van der Waals surface area contributed by atoms with Gasteiger partial charge in [0.15, 0.2) is 0 Å².